The number of carbonyl (C=O) groups is 1. The van der Waals surface area contributed by atoms with E-state index in [0.717, 1.165) is 11.4 Å². The van der Waals surface area contributed by atoms with Crippen LogP contribution in [0.3, 0.4) is 0 Å². The third-order valence-corrected chi connectivity index (χ3v) is 3.29. The van der Waals surface area contributed by atoms with Crippen LogP contribution in [0, 0.1) is 5.82 Å². The van der Waals surface area contributed by atoms with Crippen LogP contribution >= 0.6 is 0 Å². The van der Waals surface area contributed by atoms with Gasteiger partial charge in [-0.3, -0.25) is 4.79 Å². The number of aromatic nitrogens is 1. The molecule has 2 rings (SSSR count). The topological polar surface area (TPSA) is 72.4 Å². The molecule has 0 fully saturated rings. The molecule has 0 aliphatic rings. The third kappa shape index (κ3) is 4.31. The quantitative estimate of drug-likeness (QED) is 0.853. The van der Waals surface area contributed by atoms with Crippen molar-refractivity contribution in [3.05, 3.63) is 47.9 Å². The van der Waals surface area contributed by atoms with Crippen LogP contribution in [0.2, 0.25) is 0 Å². The minimum atomic E-state index is -0.387. The Morgan fingerprint density at radius 2 is 2.05 bits per heavy atom. The molecule has 1 aromatic heterocycles. The number of benzene rings is 1. The predicted molar refractivity (Wildman–Crippen MR) is 81.9 cm³/mol. The summed E-state index contributed by atoms with van der Waals surface area (Å²) in [5, 5.41) is 0. The second-order valence-corrected chi connectivity index (χ2v) is 5.43. The first kappa shape index (κ1) is 16.0. The number of carbonyl (C=O) groups excluding carboxylic acids is 1. The van der Waals surface area contributed by atoms with Gasteiger partial charge in [0.25, 0.3) is 0 Å². The second-order valence-electron chi connectivity index (χ2n) is 5.43. The maximum Gasteiger partial charge on any atom is 0.219 e. The van der Waals surface area contributed by atoms with Crippen molar-refractivity contribution in [2.75, 3.05) is 11.4 Å². The molecule has 6 heteroatoms. The van der Waals surface area contributed by atoms with Gasteiger partial charge < -0.3 is 15.1 Å². The van der Waals surface area contributed by atoms with Gasteiger partial charge in [-0.25, -0.2) is 9.37 Å². The number of hydrogen-bond donors (Lipinski definition) is 1. The Labute approximate surface area is 128 Å². The smallest absolute Gasteiger partial charge is 0.219 e. The number of rotatable bonds is 7. The summed E-state index contributed by atoms with van der Waals surface area (Å²) in [7, 11) is 0. The molecule has 22 heavy (non-hydrogen) atoms. The number of nitrogens with two attached hydrogens (primary N) is 1. The average molecular weight is 305 g/mol. The normalized spacial score (nSPS) is 10.9. The molecule has 0 radical (unpaired) electrons. The molecule has 118 valence electrons. The van der Waals surface area contributed by atoms with Crippen LogP contribution in [-0.4, -0.2) is 17.4 Å². The van der Waals surface area contributed by atoms with E-state index in [1.165, 1.54) is 12.1 Å². The Morgan fingerprint density at radius 1 is 1.36 bits per heavy atom. The fraction of sp³-hybridized carbons (Fsp3) is 0.375. The van der Waals surface area contributed by atoms with Gasteiger partial charge in [0.1, 0.15) is 11.6 Å². The molecular weight excluding hydrogens is 285 g/mol. The van der Waals surface area contributed by atoms with Gasteiger partial charge in [0.15, 0.2) is 0 Å². The fourth-order valence-corrected chi connectivity index (χ4v) is 2.02. The van der Waals surface area contributed by atoms with Gasteiger partial charge in [-0.2, -0.15) is 0 Å². The van der Waals surface area contributed by atoms with Crippen LogP contribution in [0.25, 0.3) is 0 Å². The van der Waals surface area contributed by atoms with Crippen molar-refractivity contribution in [2.24, 2.45) is 5.73 Å². The Hall–Kier alpha value is -2.37. The third-order valence-electron chi connectivity index (χ3n) is 3.29. The van der Waals surface area contributed by atoms with Crippen molar-refractivity contribution >= 4 is 11.6 Å². The van der Waals surface area contributed by atoms with Crippen molar-refractivity contribution in [1.29, 1.82) is 0 Å². The van der Waals surface area contributed by atoms with Crippen molar-refractivity contribution in [1.82, 2.24) is 4.98 Å². The average Bonchev–Trinajstić information content (AvgIpc) is 2.93. The molecule has 2 N–H and O–H groups in total. The predicted octanol–water partition coefficient (Wildman–Crippen LogP) is 2.82. The molecule has 1 aromatic carbocycles. The van der Waals surface area contributed by atoms with Crippen LogP contribution in [0.15, 0.2) is 34.9 Å². The van der Waals surface area contributed by atoms with E-state index in [0.29, 0.717) is 19.0 Å². The lowest BCUT2D eigenvalue weighted by molar-refractivity contribution is -0.117. The molecule has 2 aromatic rings. The van der Waals surface area contributed by atoms with E-state index in [2.05, 4.69) is 4.98 Å². The Kier molecular flexibility index (Phi) is 5.14. The van der Waals surface area contributed by atoms with Gasteiger partial charge in [0.2, 0.25) is 11.8 Å². The summed E-state index contributed by atoms with van der Waals surface area (Å²) in [6.07, 6.45) is 1.91. The van der Waals surface area contributed by atoms with E-state index in [4.69, 9.17) is 10.2 Å². The first-order valence-electron chi connectivity index (χ1n) is 7.19. The fourth-order valence-electron chi connectivity index (χ4n) is 2.02. The zero-order valence-electron chi connectivity index (χ0n) is 12.8. The van der Waals surface area contributed by atoms with E-state index >= 15 is 0 Å². The van der Waals surface area contributed by atoms with Crippen molar-refractivity contribution in [3.8, 4) is 0 Å². The highest BCUT2D eigenvalue weighted by Gasteiger charge is 2.14. The second kappa shape index (κ2) is 7.06. The number of amides is 1. The summed E-state index contributed by atoms with van der Waals surface area (Å²) in [4.78, 5) is 17.2. The van der Waals surface area contributed by atoms with Crippen molar-refractivity contribution in [2.45, 2.75) is 32.7 Å². The number of halogens is 1. The van der Waals surface area contributed by atoms with Crippen LogP contribution < -0.4 is 10.6 Å². The number of anilines is 1. The minimum Gasteiger partial charge on any atom is -0.444 e. The summed E-state index contributed by atoms with van der Waals surface area (Å²) in [5.74, 6) is 0.923. The maximum atomic E-state index is 13.1. The van der Waals surface area contributed by atoms with Crippen LogP contribution in [0.4, 0.5) is 10.1 Å². The summed E-state index contributed by atoms with van der Waals surface area (Å²) in [6.45, 7) is 4.86. The molecule has 1 heterocycles. The lowest BCUT2D eigenvalue weighted by Crippen LogP contribution is -2.27. The summed E-state index contributed by atoms with van der Waals surface area (Å²) in [5.41, 5.74) is 6.00. The molecule has 0 unspecified atom stereocenters. The molecule has 0 atom stereocenters. The molecule has 0 saturated heterocycles. The molecule has 0 aliphatic carbocycles. The van der Waals surface area contributed by atoms with E-state index in [1.54, 1.807) is 18.3 Å². The van der Waals surface area contributed by atoms with E-state index < -0.39 is 0 Å². The number of primary amides is 1. The van der Waals surface area contributed by atoms with Gasteiger partial charge in [-0.1, -0.05) is 13.8 Å². The highest BCUT2D eigenvalue weighted by molar-refractivity contribution is 5.74. The minimum absolute atomic E-state index is 0.203. The zero-order chi connectivity index (χ0) is 16.1. The molecule has 0 bridgehead atoms. The summed E-state index contributed by atoms with van der Waals surface area (Å²) < 4.78 is 18.7. The molecular formula is C16H20FN3O2. The summed E-state index contributed by atoms with van der Waals surface area (Å²) in [6, 6.07) is 6.06. The molecule has 0 saturated carbocycles. The van der Waals surface area contributed by atoms with Gasteiger partial charge in [0.05, 0.1) is 12.7 Å². The van der Waals surface area contributed by atoms with E-state index in [9.17, 15) is 9.18 Å². The van der Waals surface area contributed by atoms with Crippen LogP contribution in [-0.2, 0) is 11.3 Å². The van der Waals surface area contributed by atoms with Crippen LogP contribution in [0.5, 0.6) is 0 Å². The molecule has 5 nitrogen and oxygen atoms in total. The Morgan fingerprint density at radius 3 is 2.59 bits per heavy atom. The number of hydrogen-bond acceptors (Lipinski definition) is 4. The Bertz CT molecular complexity index is 623. The number of oxazole rings is 1. The van der Waals surface area contributed by atoms with Crippen molar-refractivity contribution in [3.63, 3.8) is 0 Å². The maximum absolute atomic E-state index is 13.1. The largest absolute Gasteiger partial charge is 0.444 e. The van der Waals surface area contributed by atoms with Gasteiger partial charge in [-0.05, 0) is 24.3 Å². The summed E-state index contributed by atoms with van der Waals surface area (Å²) >= 11 is 0. The van der Waals surface area contributed by atoms with Gasteiger partial charge in [0, 0.05) is 24.6 Å². The monoisotopic (exact) mass is 305 g/mol. The lowest BCUT2D eigenvalue weighted by Gasteiger charge is -2.22. The first-order valence-corrected chi connectivity index (χ1v) is 7.19. The zero-order valence-corrected chi connectivity index (χ0v) is 12.8. The Balaban J connectivity index is 2.15. The first-order chi connectivity index (χ1) is 10.5. The molecule has 0 aliphatic heterocycles. The van der Waals surface area contributed by atoms with Gasteiger partial charge in [-0.15, -0.1) is 0 Å². The van der Waals surface area contributed by atoms with E-state index in [-0.39, 0.29) is 24.1 Å². The molecule has 1 amide bonds. The van der Waals surface area contributed by atoms with E-state index in [1.807, 2.05) is 18.7 Å². The van der Waals surface area contributed by atoms with Crippen molar-refractivity contribution < 1.29 is 13.6 Å². The lowest BCUT2D eigenvalue weighted by atomic mass is 10.2. The standard InChI is InChI=1S/C16H20FN3O2/c1-11(2)14-9-19-16(22-14)10-20(8-7-15(18)21)13-5-3-12(17)4-6-13/h3-6,9,11H,7-8,10H2,1-2H3,(H2,18,21). The SMILES string of the molecule is CC(C)c1cnc(CN(CCC(N)=O)c2ccc(F)cc2)o1. The molecule has 0 spiro atoms. The highest BCUT2D eigenvalue weighted by atomic mass is 19.1. The van der Waals surface area contributed by atoms with Crippen LogP contribution in [0.1, 0.15) is 37.8 Å². The highest BCUT2D eigenvalue weighted by Crippen LogP contribution is 2.20. The number of nitrogens with zero attached hydrogens (tertiary/aromatic N) is 2. The van der Waals surface area contributed by atoms with Gasteiger partial charge >= 0.3 is 0 Å².